The van der Waals surface area contributed by atoms with Gasteiger partial charge in [0, 0.05) is 18.5 Å². The molecule has 116 valence electrons. The monoisotopic (exact) mass is 313 g/mol. The molecule has 0 saturated carbocycles. The van der Waals surface area contributed by atoms with Gasteiger partial charge in [-0.3, -0.25) is 4.79 Å². The minimum absolute atomic E-state index is 0.159. The van der Waals surface area contributed by atoms with Crippen LogP contribution in [-0.4, -0.2) is 23.6 Å². The molecule has 1 amide bonds. The largest absolute Gasteiger partial charge is 0.341 e. The third-order valence-corrected chi connectivity index (χ3v) is 4.80. The van der Waals surface area contributed by atoms with E-state index in [1.54, 1.807) is 16.7 Å². The number of hydrogen-bond acceptors (Lipinski definition) is 2. The van der Waals surface area contributed by atoms with Gasteiger partial charge in [0.15, 0.2) is 0 Å². The summed E-state index contributed by atoms with van der Waals surface area (Å²) in [6, 6.07) is 14.7. The van der Waals surface area contributed by atoms with Crippen LogP contribution < -0.4 is 0 Å². The first kappa shape index (κ1) is 16.6. The standard InChI is InChI=1S/C19H23NOS/c1-14-6-9-17(10-7-14)12-20(4)19(21)13-22-18-11-15(2)5-8-16(18)3/h5-11H,12-13H2,1-4H3. The highest BCUT2D eigenvalue weighted by atomic mass is 32.2. The molecule has 0 N–H and O–H groups in total. The number of carbonyl (C=O) groups is 1. The van der Waals surface area contributed by atoms with E-state index >= 15 is 0 Å². The van der Waals surface area contributed by atoms with E-state index < -0.39 is 0 Å². The van der Waals surface area contributed by atoms with Crippen molar-refractivity contribution < 1.29 is 4.79 Å². The van der Waals surface area contributed by atoms with Gasteiger partial charge in [0.2, 0.25) is 5.91 Å². The van der Waals surface area contributed by atoms with Gasteiger partial charge in [-0.05, 0) is 38.0 Å². The Balaban J connectivity index is 1.91. The van der Waals surface area contributed by atoms with Gasteiger partial charge in [-0.15, -0.1) is 11.8 Å². The normalized spacial score (nSPS) is 10.5. The maximum absolute atomic E-state index is 12.3. The van der Waals surface area contributed by atoms with E-state index in [0.717, 1.165) is 5.56 Å². The predicted octanol–water partition coefficient (Wildman–Crippen LogP) is 4.36. The first-order valence-electron chi connectivity index (χ1n) is 7.45. The minimum Gasteiger partial charge on any atom is -0.341 e. The van der Waals surface area contributed by atoms with Gasteiger partial charge in [0.25, 0.3) is 0 Å². The smallest absolute Gasteiger partial charge is 0.232 e. The number of aryl methyl sites for hydroxylation is 3. The van der Waals surface area contributed by atoms with Crippen LogP contribution in [0.15, 0.2) is 47.4 Å². The van der Waals surface area contributed by atoms with E-state index in [2.05, 4.69) is 63.2 Å². The highest BCUT2D eigenvalue weighted by Crippen LogP contribution is 2.23. The Kier molecular flexibility index (Phi) is 5.67. The number of carbonyl (C=O) groups excluding carboxylic acids is 1. The highest BCUT2D eigenvalue weighted by Gasteiger charge is 2.11. The molecule has 2 rings (SSSR count). The highest BCUT2D eigenvalue weighted by molar-refractivity contribution is 8.00. The van der Waals surface area contributed by atoms with Crippen LogP contribution in [0.5, 0.6) is 0 Å². The quantitative estimate of drug-likeness (QED) is 0.764. The number of thioether (sulfide) groups is 1. The summed E-state index contributed by atoms with van der Waals surface area (Å²) in [4.78, 5) is 15.3. The molecule has 3 heteroatoms. The van der Waals surface area contributed by atoms with Crippen molar-refractivity contribution in [2.45, 2.75) is 32.2 Å². The molecule has 22 heavy (non-hydrogen) atoms. The molecule has 0 aromatic heterocycles. The second kappa shape index (κ2) is 7.50. The zero-order valence-corrected chi connectivity index (χ0v) is 14.5. The number of rotatable bonds is 5. The van der Waals surface area contributed by atoms with E-state index in [9.17, 15) is 4.79 Å². The van der Waals surface area contributed by atoms with Crippen LogP contribution >= 0.6 is 11.8 Å². The van der Waals surface area contributed by atoms with Crippen LogP contribution in [0.25, 0.3) is 0 Å². The van der Waals surface area contributed by atoms with Crippen molar-refractivity contribution in [1.29, 1.82) is 0 Å². The molecular formula is C19H23NOS. The summed E-state index contributed by atoms with van der Waals surface area (Å²) < 4.78 is 0. The Hall–Kier alpha value is -1.74. The molecule has 0 fully saturated rings. The lowest BCUT2D eigenvalue weighted by molar-refractivity contribution is -0.127. The zero-order valence-electron chi connectivity index (χ0n) is 13.7. The van der Waals surface area contributed by atoms with E-state index in [1.807, 2.05) is 7.05 Å². The molecule has 2 aromatic rings. The van der Waals surface area contributed by atoms with Crippen LogP contribution in [0, 0.1) is 20.8 Å². The van der Waals surface area contributed by atoms with Crippen molar-refractivity contribution in [1.82, 2.24) is 4.90 Å². The molecule has 0 radical (unpaired) electrons. The summed E-state index contributed by atoms with van der Waals surface area (Å²) in [5.74, 6) is 0.638. The van der Waals surface area contributed by atoms with E-state index in [-0.39, 0.29) is 5.91 Å². The van der Waals surface area contributed by atoms with Gasteiger partial charge in [-0.1, -0.05) is 47.5 Å². The first-order valence-corrected chi connectivity index (χ1v) is 8.44. The molecule has 0 atom stereocenters. The fourth-order valence-corrected chi connectivity index (χ4v) is 3.23. The number of nitrogens with zero attached hydrogens (tertiary/aromatic N) is 1. The SMILES string of the molecule is Cc1ccc(CN(C)C(=O)CSc2cc(C)ccc2C)cc1. The Bertz CT molecular complexity index is 649. The van der Waals surface area contributed by atoms with Gasteiger partial charge in [0.1, 0.15) is 0 Å². The number of benzene rings is 2. The molecule has 0 heterocycles. The van der Waals surface area contributed by atoms with E-state index in [4.69, 9.17) is 0 Å². The predicted molar refractivity (Wildman–Crippen MR) is 94.3 cm³/mol. The molecular weight excluding hydrogens is 290 g/mol. The summed E-state index contributed by atoms with van der Waals surface area (Å²) in [5.41, 5.74) is 4.86. The third-order valence-electron chi connectivity index (χ3n) is 3.66. The number of amides is 1. The van der Waals surface area contributed by atoms with Gasteiger partial charge in [0.05, 0.1) is 5.75 Å². The van der Waals surface area contributed by atoms with Crippen LogP contribution in [0.1, 0.15) is 22.3 Å². The second-order valence-electron chi connectivity index (χ2n) is 5.79. The zero-order chi connectivity index (χ0) is 16.1. The second-order valence-corrected chi connectivity index (χ2v) is 6.81. The average Bonchev–Trinajstić information content (AvgIpc) is 2.50. The molecule has 0 aliphatic rings. The fourth-order valence-electron chi connectivity index (χ4n) is 2.17. The van der Waals surface area contributed by atoms with Gasteiger partial charge in [-0.2, -0.15) is 0 Å². The molecule has 0 bridgehead atoms. The van der Waals surface area contributed by atoms with E-state index in [1.165, 1.54) is 21.6 Å². The third kappa shape index (κ3) is 4.63. The first-order chi connectivity index (χ1) is 10.5. The van der Waals surface area contributed by atoms with Crippen molar-refractivity contribution in [3.05, 3.63) is 64.7 Å². The van der Waals surface area contributed by atoms with E-state index in [0.29, 0.717) is 12.3 Å². The maximum Gasteiger partial charge on any atom is 0.232 e. The van der Waals surface area contributed by atoms with Crippen molar-refractivity contribution >= 4 is 17.7 Å². The lowest BCUT2D eigenvalue weighted by atomic mass is 10.1. The number of hydrogen-bond donors (Lipinski definition) is 0. The Labute approximate surface area is 137 Å². The van der Waals surface area contributed by atoms with Gasteiger partial charge < -0.3 is 4.90 Å². The Morgan fingerprint density at radius 3 is 2.32 bits per heavy atom. The van der Waals surface area contributed by atoms with Crippen LogP contribution in [0.2, 0.25) is 0 Å². The summed E-state index contributed by atoms with van der Waals surface area (Å²) in [6.07, 6.45) is 0. The summed E-state index contributed by atoms with van der Waals surface area (Å²) in [7, 11) is 1.87. The summed E-state index contributed by atoms with van der Waals surface area (Å²) in [6.45, 7) is 6.89. The van der Waals surface area contributed by atoms with Crippen molar-refractivity contribution in [3.63, 3.8) is 0 Å². The summed E-state index contributed by atoms with van der Waals surface area (Å²) >= 11 is 1.62. The van der Waals surface area contributed by atoms with Crippen LogP contribution in [-0.2, 0) is 11.3 Å². The minimum atomic E-state index is 0.159. The average molecular weight is 313 g/mol. The van der Waals surface area contributed by atoms with Crippen molar-refractivity contribution in [3.8, 4) is 0 Å². The van der Waals surface area contributed by atoms with Crippen molar-refractivity contribution in [2.24, 2.45) is 0 Å². The van der Waals surface area contributed by atoms with Crippen molar-refractivity contribution in [2.75, 3.05) is 12.8 Å². The maximum atomic E-state index is 12.3. The molecule has 2 nitrogen and oxygen atoms in total. The Morgan fingerprint density at radius 1 is 1.00 bits per heavy atom. The fraction of sp³-hybridized carbons (Fsp3) is 0.316. The topological polar surface area (TPSA) is 20.3 Å². The Morgan fingerprint density at radius 2 is 1.64 bits per heavy atom. The van der Waals surface area contributed by atoms with Crippen LogP contribution in [0.4, 0.5) is 0 Å². The molecule has 0 aliphatic heterocycles. The lowest BCUT2D eigenvalue weighted by Crippen LogP contribution is -2.27. The molecule has 0 spiro atoms. The molecule has 0 saturated heterocycles. The lowest BCUT2D eigenvalue weighted by Gasteiger charge is -2.17. The molecule has 2 aromatic carbocycles. The summed E-state index contributed by atoms with van der Waals surface area (Å²) in [5, 5.41) is 0. The van der Waals surface area contributed by atoms with Crippen LogP contribution in [0.3, 0.4) is 0 Å². The van der Waals surface area contributed by atoms with Gasteiger partial charge in [-0.25, -0.2) is 0 Å². The molecule has 0 unspecified atom stereocenters. The van der Waals surface area contributed by atoms with Gasteiger partial charge >= 0.3 is 0 Å². The molecule has 0 aliphatic carbocycles.